The summed E-state index contributed by atoms with van der Waals surface area (Å²) in [6.45, 7) is 1.51. The zero-order chi connectivity index (χ0) is 23.7. The molecule has 0 unspecified atom stereocenters. The first-order valence-electron chi connectivity index (χ1n) is 11.4. The van der Waals surface area contributed by atoms with Crippen LogP contribution in [0.2, 0.25) is 0 Å². The molecule has 2 aliphatic rings. The number of carboxylic acid groups (broad SMARTS) is 1. The highest BCUT2D eigenvalue weighted by molar-refractivity contribution is 5.98. The number of rotatable bonds is 7. The molecule has 8 heteroatoms. The first-order valence-corrected chi connectivity index (χ1v) is 11.4. The van der Waals surface area contributed by atoms with Crippen LogP contribution in [0.1, 0.15) is 29.5 Å². The molecule has 2 aliphatic heterocycles. The Morgan fingerprint density at radius 2 is 1.94 bits per heavy atom. The summed E-state index contributed by atoms with van der Waals surface area (Å²) in [5, 5.41) is 12.4. The minimum atomic E-state index is -0.923. The molecule has 0 radical (unpaired) electrons. The number of aryl methyl sites for hydroxylation is 1. The molecule has 8 nitrogen and oxygen atoms in total. The Morgan fingerprint density at radius 3 is 2.62 bits per heavy atom. The van der Waals surface area contributed by atoms with Gasteiger partial charge >= 0.3 is 5.97 Å². The number of carbonyl (C=O) groups excluding carboxylic acids is 1. The summed E-state index contributed by atoms with van der Waals surface area (Å²) in [6, 6.07) is 15.6. The number of amides is 1. The molecule has 1 saturated heterocycles. The first kappa shape index (κ1) is 21.9. The molecular formula is C26H26N4O4. The smallest absolute Gasteiger partial charge is 0.305 e. The van der Waals surface area contributed by atoms with Gasteiger partial charge in [-0.3, -0.25) is 9.59 Å². The van der Waals surface area contributed by atoms with Crippen LogP contribution in [0.4, 0.5) is 5.82 Å². The number of pyridine rings is 2. The minimum Gasteiger partial charge on any atom is -0.481 e. The SMILES string of the molecule is COc1ccc([C@@]2(c3ccc(-c4ccc5c(n4)NCCC5)cc3)CN(CCC(=O)O)C2=O)cn1. The number of anilines is 1. The number of carboxylic acids is 1. The van der Waals surface area contributed by atoms with Gasteiger partial charge in [0.15, 0.2) is 0 Å². The van der Waals surface area contributed by atoms with Crippen LogP contribution in [-0.2, 0) is 21.4 Å². The predicted octanol–water partition coefficient (Wildman–Crippen LogP) is 3.11. The van der Waals surface area contributed by atoms with Crippen LogP contribution in [0.5, 0.6) is 5.88 Å². The Balaban J connectivity index is 1.47. The molecule has 34 heavy (non-hydrogen) atoms. The van der Waals surface area contributed by atoms with Gasteiger partial charge in [0.2, 0.25) is 11.8 Å². The molecule has 0 saturated carbocycles. The van der Waals surface area contributed by atoms with Crippen molar-refractivity contribution in [1.29, 1.82) is 0 Å². The van der Waals surface area contributed by atoms with Crippen LogP contribution in [0, 0.1) is 0 Å². The molecule has 1 aromatic carbocycles. The fourth-order valence-electron chi connectivity index (χ4n) is 4.78. The number of aromatic nitrogens is 2. The quantitative estimate of drug-likeness (QED) is 0.524. The van der Waals surface area contributed by atoms with Crippen LogP contribution >= 0.6 is 0 Å². The topological polar surface area (TPSA) is 105 Å². The van der Waals surface area contributed by atoms with E-state index in [9.17, 15) is 9.59 Å². The van der Waals surface area contributed by atoms with Crippen LogP contribution in [0.15, 0.2) is 54.7 Å². The van der Waals surface area contributed by atoms with Crippen LogP contribution in [0.25, 0.3) is 11.3 Å². The van der Waals surface area contributed by atoms with Gasteiger partial charge in [-0.2, -0.15) is 0 Å². The van der Waals surface area contributed by atoms with Gasteiger partial charge < -0.3 is 20.1 Å². The second kappa shape index (κ2) is 8.78. The fraction of sp³-hybridized carbons (Fsp3) is 0.308. The number of hydrogen-bond donors (Lipinski definition) is 2. The first-order chi connectivity index (χ1) is 16.5. The number of fused-ring (bicyclic) bond motifs is 1. The summed E-state index contributed by atoms with van der Waals surface area (Å²) in [5.41, 5.74) is 3.78. The van der Waals surface area contributed by atoms with Crippen LogP contribution in [0.3, 0.4) is 0 Å². The zero-order valence-electron chi connectivity index (χ0n) is 19.0. The molecule has 0 bridgehead atoms. The molecule has 0 aliphatic carbocycles. The van der Waals surface area contributed by atoms with Crippen molar-refractivity contribution in [3.8, 4) is 17.1 Å². The van der Waals surface area contributed by atoms with Gasteiger partial charge in [0.1, 0.15) is 11.2 Å². The van der Waals surface area contributed by atoms with Crippen molar-refractivity contribution in [3.05, 3.63) is 71.4 Å². The minimum absolute atomic E-state index is 0.0837. The van der Waals surface area contributed by atoms with E-state index in [4.69, 9.17) is 14.8 Å². The summed E-state index contributed by atoms with van der Waals surface area (Å²) in [5.74, 6) is 0.366. The Labute approximate surface area is 197 Å². The van der Waals surface area contributed by atoms with Crippen molar-refractivity contribution in [3.63, 3.8) is 0 Å². The number of hydrogen-bond acceptors (Lipinski definition) is 6. The van der Waals surface area contributed by atoms with E-state index < -0.39 is 11.4 Å². The highest BCUT2D eigenvalue weighted by Gasteiger charge is 2.54. The Morgan fingerprint density at radius 1 is 1.15 bits per heavy atom. The lowest BCUT2D eigenvalue weighted by Crippen LogP contribution is -2.65. The lowest BCUT2D eigenvalue weighted by Gasteiger charge is -2.49. The fourth-order valence-corrected chi connectivity index (χ4v) is 4.78. The molecule has 1 amide bonds. The van der Waals surface area contributed by atoms with Crippen molar-refractivity contribution in [1.82, 2.24) is 14.9 Å². The van der Waals surface area contributed by atoms with Crippen molar-refractivity contribution >= 4 is 17.7 Å². The van der Waals surface area contributed by atoms with E-state index in [2.05, 4.69) is 16.4 Å². The highest BCUT2D eigenvalue weighted by Crippen LogP contribution is 2.43. The molecule has 3 aromatic rings. The van der Waals surface area contributed by atoms with E-state index in [0.29, 0.717) is 12.4 Å². The van der Waals surface area contributed by atoms with Crippen molar-refractivity contribution in [2.75, 3.05) is 32.1 Å². The van der Waals surface area contributed by atoms with E-state index in [0.717, 1.165) is 47.6 Å². The van der Waals surface area contributed by atoms with Crippen molar-refractivity contribution in [2.45, 2.75) is 24.7 Å². The molecular weight excluding hydrogens is 432 g/mol. The van der Waals surface area contributed by atoms with Crippen molar-refractivity contribution < 1.29 is 19.4 Å². The molecule has 2 N–H and O–H groups in total. The van der Waals surface area contributed by atoms with Gasteiger partial charge in [0.25, 0.3) is 0 Å². The van der Waals surface area contributed by atoms with Crippen molar-refractivity contribution in [2.24, 2.45) is 0 Å². The standard InChI is InChI=1S/C26H26N4O4/c1-34-22-11-9-20(15-28-22)26(16-30(25(26)33)14-12-23(31)32)19-7-4-17(5-8-19)21-10-6-18-3-2-13-27-24(18)29-21/h4-11,15H,2-3,12-14,16H2,1H3,(H,27,29)(H,31,32)/t26-/m0/s1. The number of methoxy groups -OCH3 is 1. The third-order valence-electron chi connectivity index (χ3n) is 6.68. The third kappa shape index (κ3) is 3.75. The van der Waals surface area contributed by atoms with Crippen LogP contribution < -0.4 is 10.1 Å². The molecule has 1 atom stereocenters. The predicted molar refractivity (Wildman–Crippen MR) is 127 cm³/mol. The summed E-state index contributed by atoms with van der Waals surface area (Å²) in [4.78, 5) is 35.1. The maximum Gasteiger partial charge on any atom is 0.305 e. The second-order valence-electron chi connectivity index (χ2n) is 8.68. The number of likely N-dealkylation sites (tertiary alicyclic amines) is 1. The molecule has 1 fully saturated rings. The molecule has 2 aromatic heterocycles. The van der Waals surface area contributed by atoms with Gasteiger partial charge in [-0.05, 0) is 35.6 Å². The number of β-lactam (4-membered cyclic amide) rings is 1. The van der Waals surface area contributed by atoms with E-state index in [1.165, 1.54) is 5.56 Å². The maximum atomic E-state index is 13.4. The number of aliphatic carboxylic acids is 1. The number of ether oxygens (including phenoxy) is 1. The zero-order valence-corrected chi connectivity index (χ0v) is 19.0. The normalized spacial score (nSPS) is 19.1. The average Bonchev–Trinajstić information content (AvgIpc) is 2.88. The summed E-state index contributed by atoms with van der Waals surface area (Å²) in [6.07, 6.45) is 3.73. The maximum absolute atomic E-state index is 13.4. The van der Waals surface area contributed by atoms with Gasteiger partial charge in [-0.1, -0.05) is 36.4 Å². The van der Waals surface area contributed by atoms with Gasteiger partial charge in [-0.25, -0.2) is 9.97 Å². The molecule has 4 heterocycles. The summed E-state index contributed by atoms with van der Waals surface area (Å²) >= 11 is 0. The van der Waals surface area contributed by atoms with Gasteiger partial charge in [-0.15, -0.1) is 0 Å². The second-order valence-corrected chi connectivity index (χ2v) is 8.68. The number of carbonyl (C=O) groups is 2. The number of nitrogens with one attached hydrogen (secondary N) is 1. The Kier molecular flexibility index (Phi) is 5.65. The van der Waals surface area contributed by atoms with E-state index in [-0.39, 0.29) is 18.9 Å². The van der Waals surface area contributed by atoms with Crippen LogP contribution in [-0.4, -0.2) is 58.6 Å². The molecule has 5 rings (SSSR count). The average molecular weight is 459 g/mol. The third-order valence-corrected chi connectivity index (χ3v) is 6.68. The molecule has 0 spiro atoms. The largest absolute Gasteiger partial charge is 0.481 e. The summed E-state index contributed by atoms with van der Waals surface area (Å²) in [7, 11) is 1.54. The monoisotopic (exact) mass is 458 g/mol. The lowest BCUT2D eigenvalue weighted by molar-refractivity contribution is -0.150. The highest BCUT2D eigenvalue weighted by atomic mass is 16.5. The molecule has 174 valence electrons. The number of nitrogens with zero attached hydrogens (tertiary/aromatic N) is 3. The Bertz CT molecular complexity index is 1230. The Hall–Kier alpha value is -3.94. The number of benzene rings is 1. The van der Waals surface area contributed by atoms with E-state index in [1.54, 1.807) is 24.3 Å². The van der Waals surface area contributed by atoms with Gasteiger partial charge in [0.05, 0.1) is 19.2 Å². The van der Waals surface area contributed by atoms with E-state index >= 15 is 0 Å². The summed E-state index contributed by atoms with van der Waals surface area (Å²) < 4.78 is 5.17. The lowest BCUT2D eigenvalue weighted by atomic mass is 9.68. The van der Waals surface area contributed by atoms with Gasteiger partial charge in [0, 0.05) is 37.5 Å². The van der Waals surface area contributed by atoms with E-state index in [1.807, 2.05) is 36.4 Å².